The highest BCUT2D eigenvalue weighted by Crippen LogP contribution is 2.21. The van der Waals surface area contributed by atoms with E-state index in [9.17, 15) is 8.78 Å². The molecular weight excluding hydrogens is 176 g/mol. The molecule has 13 heavy (non-hydrogen) atoms. The molecule has 4 heteroatoms. The molecule has 1 N–H and O–H groups in total. The van der Waals surface area contributed by atoms with Gasteiger partial charge in [-0.15, -0.1) is 0 Å². The van der Waals surface area contributed by atoms with Crippen LogP contribution in [0.5, 0.6) is 5.75 Å². The first kappa shape index (κ1) is 9.92. The SMILES string of the molecule is CNCc1ccc(OC)c(F)c1F. The third kappa shape index (κ3) is 1.95. The first-order chi connectivity index (χ1) is 6.20. The average molecular weight is 187 g/mol. The Morgan fingerprint density at radius 1 is 1.31 bits per heavy atom. The van der Waals surface area contributed by atoms with Crippen molar-refractivity contribution in [3.8, 4) is 5.75 Å². The molecule has 0 saturated carbocycles. The summed E-state index contributed by atoms with van der Waals surface area (Å²) in [6, 6.07) is 2.90. The molecule has 0 aliphatic carbocycles. The minimum atomic E-state index is -0.935. The smallest absolute Gasteiger partial charge is 0.200 e. The molecule has 72 valence electrons. The van der Waals surface area contributed by atoms with Gasteiger partial charge >= 0.3 is 0 Å². The molecule has 1 aromatic rings. The van der Waals surface area contributed by atoms with E-state index in [2.05, 4.69) is 10.1 Å². The van der Waals surface area contributed by atoms with Crippen LogP contribution in [-0.2, 0) is 6.54 Å². The molecule has 1 rings (SSSR count). The fraction of sp³-hybridized carbons (Fsp3) is 0.333. The number of hydrogen-bond donors (Lipinski definition) is 1. The number of benzene rings is 1. The highest BCUT2D eigenvalue weighted by Gasteiger charge is 2.12. The van der Waals surface area contributed by atoms with Gasteiger partial charge in [-0.25, -0.2) is 4.39 Å². The van der Waals surface area contributed by atoms with E-state index >= 15 is 0 Å². The summed E-state index contributed by atoms with van der Waals surface area (Å²) in [7, 11) is 2.97. The van der Waals surface area contributed by atoms with Crippen molar-refractivity contribution in [3.05, 3.63) is 29.3 Å². The second-order valence-electron chi connectivity index (χ2n) is 2.59. The number of rotatable bonds is 3. The molecule has 0 aromatic heterocycles. The number of hydrogen-bond acceptors (Lipinski definition) is 2. The van der Waals surface area contributed by atoms with E-state index in [0.717, 1.165) is 0 Å². The number of ether oxygens (including phenoxy) is 1. The topological polar surface area (TPSA) is 21.3 Å². The summed E-state index contributed by atoms with van der Waals surface area (Å²) in [5.41, 5.74) is 0.292. The lowest BCUT2D eigenvalue weighted by atomic mass is 10.2. The van der Waals surface area contributed by atoms with Gasteiger partial charge in [0.15, 0.2) is 11.6 Å². The van der Waals surface area contributed by atoms with E-state index in [1.807, 2.05) is 0 Å². The molecule has 0 aliphatic rings. The van der Waals surface area contributed by atoms with Gasteiger partial charge in [-0.05, 0) is 13.1 Å². The van der Waals surface area contributed by atoms with Crippen molar-refractivity contribution in [2.45, 2.75) is 6.54 Å². The van der Waals surface area contributed by atoms with Gasteiger partial charge in [0.25, 0.3) is 0 Å². The summed E-state index contributed by atoms with van der Waals surface area (Å²) in [6.45, 7) is 0.298. The van der Waals surface area contributed by atoms with E-state index in [4.69, 9.17) is 0 Å². The minimum absolute atomic E-state index is 0.0719. The first-order valence-corrected chi connectivity index (χ1v) is 3.86. The maximum atomic E-state index is 13.1. The predicted molar refractivity (Wildman–Crippen MR) is 45.7 cm³/mol. The minimum Gasteiger partial charge on any atom is -0.494 e. The van der Waals surface area contributed by atoms with E-state index in [-0.39, 0.29) is 5.75 Å². The molecule has 1 aromatic carbocycles. The van der Waals surface area contributed by atoms with Crippen LogP contribution in [0, 0.1) is 11.6 Å². The average Bonchev–Trinajstić information content (AvgIpc) is 2.14. The van der Waals surface area contributed by atoms with Crippen molar-refractivity contribution >= 4 is 0 Å². The Morgan fingerprint density at radius 3 is 2.54 bits per heavy atom. The van der Waals surface area contributed by atoms with Gasteiger partial charge in [0, 0.05) is 12.1 Å². The lowest BCUT2D eigenvalue weighted by Gasteiger charge is -2.06. The van der Waals surface area contributed by atoms with Crippen molar-refractivity contribution < 1.29 is 13.5 Å². The van der Waals surface area contributed by atoms with Gasteiger partial charge in [-0.1, -0.05) is 6.07 Å². The van der Waals surface area contributed by atoms with E-state index in [1.54, 1.807) is 7.05 Å². The van der Waals surface area contributed by atoms with Crippen LogP contribution in [0.4, 0.5) is 8.78 Å². The normalized spacial score (nSPS) is 10.2. The predicted octanol–water partition coefficient (Wildman–Crippen LogP) is 1.69. The Balaban J connectivity index is 3.07. The van der Waals surface area contributed by atoms with Gasteiger partial charge in [0.05, 0.1) is 7.11 Å². The first-order valence-electron chi connectivity index (χ1n) is 3.86. The van der Waals surface area contributed by atoms with Crippen LogP contribution in [0.25, 0.3) is 0 Å². The highest BCUT2D eigenvalue weighted by molar-refractivity contribution is 5.30. The van der Waals surface area contributed by atoms with Gasteiger partial charge in [-0.3, -0.25) is 0 Å². The van der Waals surface area contributed by atoms with Crippen molar-refractivity contribution in [3.63, 3.8) is 0 Å². The molecule has 0 radical (unpaired) electrons. The summed E-state index contributed by atoms with van der Waals surface area (Å²) < 4.78 is 30.8. The maximum Gasteiger partial charge on any atom is 0.200 e. The Bertz CT molecular complexity index is 302. The van der Waals surface area contributed by atoms with Crippen LogP contribution in [0.15, 0.2) is 12.1 Å². The summed E-state index contributed by atoms with van der Waals surface area (Å²) in [4.78, 5) is 0. The Hall–Kier alpha value is -1.16. The number of halogens is 2. The third-order valence-electron chi connectivity index (χ3n) is 1.71. The second kappa shape index (κ2) is 4.18. The lowest BCUT2D eigenvalue weighted by molar-refractivity contribution is 0.369. The van der Waals surface area contributed by atoms with E-state index < -0.39 is 11.6 Å². The zero-order valence-electron chi connectivity index (χ0n) is 7.53. The maximum absolute atomic E-state index is 13.1. The Morgan fingerprint density at radius 2 is 2.00 bits per heavy atom. The monoisotopic (exact) mass is 187 g/mol. The molecule has 0 saturated heterocycles. The van der Waals surface area contributed by atoms with Crippen LogP contribution in [0.2, 0.25) is 0 Å². The van der Waals surface area contributed by atoms with Crippen LogP contribution in [0.1, 0.15) is 5.56 Å². The quantitative estimate of drug-likeness (QED) is 0.777. The summed E-state index contributed by atoms with van der Waals surface area (Å²) in [5, 5.41) is 2.74. The molecule has 0 aliphatic heterocycles. The fourth-order valence-electron chi connectivity index (χ4n) is 1.06. The van der Waals surface area contributed by atoms with Crippen LogP contribution < -0.4 is 10.1 Å². The summed E-state index contributed by atoms with van der Waals surface area (Å²) >= 11 is 0. The molecule has 0 atom stereocenters. The second-order valence-corrected chi connectivity index (χ2v) is 2.59. The van der Waals surface area contributed by atoms with Gasteiger partial charge in [-0.2, -0.15) is 4.39 Å². The summed E-state index contributed by atoms with van der Waals surface area (Å²) in [5.74, 6) is -1.86. The van der Waals surface area contributed by atoms with Crippen LogP contribution >= 0.6 is 0 Å². The molecular formula is C9H11F2NO. The largest absolute Gasteiger partial charge is 0.494 e. The third-order valence-corrected chi connectivity index (χ3v) is 1.71. The molecule has 0 fully saturated rings. The fourth-order valence-corrected chi connectivity index (χ4v) is 1.06. The molecule has 0 unspecified atom stereocenters. The molecule has 0 spiro atoms. The van der Waals surface area contributed by atoms with Crippen molar-refractivity contribution in [2.24, 2.45) is 0 Å². The van der Waals surface area contributed by atoms with Crippen LogP contribution in [-0.4, -0.2) is 14.2 Å². The Labute approximate surface area is 75.5 Å². The van der Waals surface area contributed by atoms with E-state index in [0.29, 0.717) is 12.1 Å². The van der Waals surface area contributed by atoms with Crippen molar-refractivity contribution in [1.29, 1.82) is 0 Å². The lowest BCUT2D eigenvalue weighted by Crippen LogP contribution is -2.08. The molecule has 2 nitrogen and oxygen atoms in total. The number of nitrogens with one attached hydrogen (secondary N) is 1. The zero-order chi connectivity index (χ0) is 9.84. The van der Waals surface area contributed by atoms with E-state index in [1.165, 1.54) is 19.2 Å². The molecule has 0 bridgehead atoms. The van der Waals surface area contributed by atoms with Crippen LogP contribution in [0.3, 0.4) is 0 Å². The van der Waals surface area contributed by atoms with Gasteiger partial charge < -0.3 is 10.1 Å². The summed E-state index contributed by atoms with van der Waals surface area (Å²) in [6.07, 6.45) is 0. The Kier molecular flexibility index (Phi) is 3.19. The van der Waals surface area contributed by atoms with Gasteiger partial charge in [0.2, 0.25) is 5.82 Å². The zero-order valence-corrected chi connectivity index (χ0v) is 7.53. The van der Waals surface area contributed by atoms with Crippen molar-refractivity contribution in [1.82, 2.24) is 5.32 Å². The molecule has 0 heterocycles. The highest BCUT2D eigenvalue weighted by atomic mass is 19.2. The van der Waals surface area contributed by atoms with Crippen molar-refractivity contribution in [2.75, 3.05) is 14.2 Å². The molecule has 0 amide bonds. The number of methoxy groups -OCH3 is 1. The van der Waals surface area contributed by atoms with Gasteiger partial charge in [0.1, 0.15) is 0 Å². The standard InChI is InChI=1S/C9H11F2NO/c1-12-5-6-3-4-7(13-2)9(11)8(6)10/h3-4,12H,5H2,1-2H3.